The van der Waals surface area contributed by atoms with E-state index in [1.807, 2.05) is 30.3 Å². The maximum Gasteiger partial charge on any atom is 0.244 e. The van der Waals surface area contributed by atoms with E-state index in [-0.39, 0.29) is 18.4 Å². The molecule has 1 saturated heterocycles. The van der Waals surface area contributed by atoms with Crippen LogP contribution in [-0.4, -0.2) is 16.7 Å². The van der Waals surface area contributed by atoms with Crippen LogP contribution >= 0.6 is 12.4 Å². The Hall–Kier alpha value is -1.39. The molecule has 1 aromatic heterocycles. The molecule has 0 unspecified atom stereocenters. The maximum absolute atomic E-state index is 5.28. The van der Waals surface area contributed by atoms with Gasteiger partial charge in [0.15, 0.2) is 0 Å². The van der Waals surface area contributed by atoms with Crippen LogP contribution in [0.15, 0.2) is 34.9 Å². The monoisotopic (exact) mass is 251 g/mol. The fraction of sp³-hybridized carbons (Fsp3) is 0.333. The molecule has 1 atom stereocenters. The molecule has 0 saturated carbocycles. The summed E-state index contributed by atoms with van der Waals surface area (Å²) in [4.78, 5) is 4.42. The van der Waals surface area contributed by atoms with Crippen molar-refractivity contribution in [3.05, 3.63) is 36.2 Å². The van der Waals surface area contributed by atoms with Gasteiger partial charge >= 0.3 is 0 Å². The molecule has 4 nitrogen and oxygen atoms in total. The van der Waals surface area contributed by atoms with E-state index in [2.05, 4.69) is 15.5 Å². The largest absolute Gasteiger partial charge is 0.337 e. The molecular weight excluding hydrogens is 238 g/mol. The van der Waals surface area contributed by atoms with Crippen LogP contribution in [0.3, 0.4) is 0 Å². The molecule has 0 aliphatic carbocycles. The predicted molar refractivity (Wildman–Crippen MR) is 67.0 cm³/mol. The van der Waals surface area contributed by atoms with Gasteiger partial charge in [-0.3, -0.25) is 0 Å². The molecule has 2 heterocycles. The van der Waals surface area contributed by atoms with Crippen molar-refractivity contribution in [3.63, 3.8) is 0 Å². The van der Waals surface area contributed by atoms with E-state index in [0.717, 1.165) is 18.5 Å². The van der Waals surface area contributed by atoms with Crippen molar-refractivity contribution in [2.45, 2.75) is 18.9 Å². The Morgan fingerprint density at radius 1 is 1.24 bits per heavy atom. The van der Waals surface area contributed by atoms with Crippen molar-refractivity contribution in [1.82, 2.24) is 15.5 Å². The summed E-state index contributed by atoms with van der Waals surface area (Å²) in [7, 11) is 0. The Bertz CT molecular complexity index is 466. The van der Waals surface area contributed by atoms with Gasteiger partial charge in [-0.05, 0) is 19.4 Å². The summed E-state index contributed by atoms with van der Waals surface area (Å²) in [6, 6.07) is 10.1. The second-order valence-electron chi connectivity index (χ2n) is 3.97. The zero-order valence-corrected chi connectivity index (χ0v) is 10.1. The smallest absolute Gasteiger partial charge is 0.244 e. The highest BCUT2D eigenvalue weighted by Gasteiger charge is 2.22. The minimum absolute atomic E-state index is 0. The highest BCUT2D eigenvalue weighted by Crippen LogP contribution is 2.23. The van der Waals surface area contributed by atoms with Crippen LogP contribution in [0.4, 0.5) is 0 Å². The van der Waals surface area contributed by atoms with Crippen LogP contribution in [0.5, 0.6) is 0 Å². The van der Waals surface area contributed by atoms with Gasteiger partial charge in [-0.25, -0.2) is 0 Å². The van der Waals surface area contributed by atoms with Crippen LogP contribution in [-0.2, 0) is 0 Å². The zero-order chi connectivity index (χ0) is 10.8. The fourth-order valence-corrected chi connectivity index (χ4v) is 1.98. The van der Waals surface area contributed by atoms with Gasteiger partial charge in [-0.2, -0.15) is 4.98 Å². The number of hydrogen-bond acceptors (Lipinski definition) is 4. The van der Waals surface area contributed by atoms with Crippen molar-refractivity contribution in [1.29, 1.82) is 0 Å². The van der Waals surface area contributed by atoms with Crippen molar-refractivity contribution in [2.75, 3.05) is 6.54 Å². The van der Waals surface area contributed by atoms with Gasteiger partial charge < -0.3 is 9.84 Å². The average Bonchev–Trinajstić information content (AvgIpc) is 3.01. The Morgan fingerprint density at radius 3 is 2.76 bits per heavy atom. The summed E-state index contributed by atoms with van der Waals surface area (Å²) in [5, 5.41) is 7.35. The molecule has 2 aromatic rings. The van der Waals surface area contributed by atoms with Crippen molar-refractivity contribution < 1.29 is 4.52 Å². The number of hydrogen-bond donors (Lipinski definition) is 1. The topological polar surface area (TPSA) is 51.0 Å². The molecule has 1 fully saturated rings. The lowest BCUT2D eigenvalue weighted by molar-refractivity contribution is 0.345. The summed E-state index contributed by atoms with van der Waals surface area (Å²) in [6.07, 6.45) is 2.25. The standard InChI is InChI=1S/C12H13N3O.ClH/c1-2-5-9(6-3-1)11-14-12(16-15-11)10-7-4-8-13-10;/h1-3,5-6,10,13H,4,7-8H2;1H/t10-;/m1./s1. The van der Waals surface area contributed by atoms with Crippen LogP contribution in [0.25, 0.3) is 11.4 Å². The number of benzene rings is 1. The highest BCUT2D eigenvalue weighted by atomic mass is 35.5. The van der Waals surface area contributed by atoms with Crippen LogP contribution in [0, 0.1) is 0 Å². The van der Waals surface area contributed by atoms with Crippen molar-refractivity contribution in [3.8, 4) is 11.4 Å². The molecule has 1 aliphatic rings. The summed E-state index contributed by atoms with van der Waals surface area (Å²) in [5.41, 5.74) is 0.996. The van der Waals surface area contributed by atoms with E-state index in [0.29, 0.717) is 11.7 Å². The number of rotatable bonds is 2. The summed E-state index contributed by atoms with van der Waals surface area (Å²) >= 11 is 0. The first-order valence-corrected chi connectivity index (χ1v) is 5.56. The Labute approximate surface area is 106 Å². The summed E-state index contributed by atoms with van der Waals surface area (Å²) in [6.45, 7) is 1.04. The second kappa shape index (κ2) is 5.29. The Kier molecular flexibility index (Phi) is 3.76. The number of halogens is 1. The molecule has 0 radical (unpaired) electrons. The lowest BCUT2D eigenvalue weighted by Gasteiger charge is -2.01. The molecular formula is C12H14ClN3O. The fourth-order valence-electron chi connectivity index (χ4n) is 1.98. The molecule has 90 valence electrons. The van der Waals surface area contributed by atoms with Gasteiger partial charge in [0.1, 0.15) is 0 Å². The van der Waals surface area contributed by atoms with Gasteiger partial charge in [-0.1, -0.05) is 35.5 Å². The lowest BCUT2D eigenvalue weighted by Crippen LogP contribution is -2.12. The van der Waals surface area contributed by atoms with Crippen LogP contribution < -0.4 is 5.32 Å². The first-order chi connectivity index (χ1) is 7.93. The van der Waals surface area contributed by atoms with E-state index in [9.17, 15) is 0 Å². The Balaban J connectivity index is 0.00000108. The quantitative estimate of drug-likeness (QED) is 0.891. The summed E-state index contributed by atoms with van der Waals surface area (Å²) in [5.74, 6) is 1.38. The normalized spacial score (nSPS) is 18.9. The molecule has 3 rings (SSSR count). The first-order valence-electron chi connectivity index (χ1n) is 5.56. The van der Waals surface area contributed by atoms with Crippen molar-refractivity contribution >= 4 is 12.4 Å². The minimum Gasteiger partial charge on any atom is -0.337 e. The van der Waals surface area contributed by atoms with Gasteiger partial charge in [-0.15, -0.1) is 12.4 Å². The maximum atomic E-state index is 5.28. The van der Waals surface area contributed by atoms with E-state index >= 15 is 0 Å². The molecule has 0 amide bonds. The third kappa shape index (κ3) is 2.48. The van der Waals surface area contributed by atoms with E-state index in [4.69, 9.17) is 4.52 Å². The molecule has 1 aromatic carbocycles. The number of aromatic nitrogens is 2. The van der Waals surface area contributed by atoms with E-state index < -0.39 is 0 Å². The molecule has 0 spiro atoms. The van der Waals surface area contributed by atoms with Crippen LogP contribution in [0.1, 0.15) is 24.8 Å². The van der Waals surface area contributed by atoms with E-state index in [1.165, 1.54) is 6.42 Å². The molecule has 17 heavy (non-hydrogen) atoms. The number of nitrogens with zero attached hydrogens (tertiary/aromatic N) is 2. The predicted octanol–water partition coefficient (Wildman–Crippen LogP) is 2.58. The number of nitrogens with one attached hydrogen (secondary N) is 1. The van der Waals surface area contributed by atoms with E-state index in [1.54, 1.807) is 0 Å². The minimum atomic E-state index is 0. The molecule has 0 bridgehead atoms. The lowest BCUT2D eigenvalue weighted by atomic mass is 10.2. The van der Waals surface area contributed by atoms with Crippen molar-refractivity contribution in [2.24, 2.45) is 0 Å². The van der Waals surface area contributed by atoms with Gasteiger partial charge in [0, 0.05) is 5.56 Å². The second-order valence-corrected chi connectivity index (χ2v) is 3.97. The molecule has 1 aliphatic heterocycles. The van der Waals surface area contributed by atoms with Crippen LogP contribution in [0.2, 0.25) is 0 Å². The van der Waals surface area contributed by atoms with Gasteiger partial charge in [0.2, 0.25) is 11.7 Å². The highest BCUT2D eigenvalue weighted by molar-refractivity contribution is 5.85. The molecule has 1 N–H and O–H groups in total. The average molecular weight is 252 g/mol. The van der Waals surface area contributed by atoms with Gasteiger partial charge in [0.25, 0.3) is 0 Å². The zero-order valence-electron chi connectivity index (χ0n) is 9.30. The third-order valence-corrected chi connectivity index (χ3v) is 2.83. The molecule has 5 heteroatoms. The summed E-state index contributed by atoms with van der Waals surface area (Å²) < 4.78 is 5.28. The Morgan fingerprint density at radius 2 is 2.06 bits per heavy atom. The SMILES string of the molecule is Cl.c1ccc(-c2noc([C@H]3CCCN3)n2)cc1. The van der Waals surface area contributed by atoms with Gasteiger partial charge in [0.05, 0.1) is 6.04 Å². The first kappa shape index (κ1) is 12.1. The third-order valence-electron chi connectivity index (χ3n) is 2.83.